The molecule has 2 N–H and O–H groups in total. The number of carbonyl (C=O) groups is 1. The zero-order chi connectivity index (χ0) is 12.7. The first-order valence-electron chi connectivity index (χ1n) is 6.07. The molecule has 1 saturated heterocycles. The summed E-state index contributed by atoms with van der Waals surface area (Å²) in [5, 5.41) is 6.33. The van der Waals surface area contributed by atoms with E-state index in [1.54, 1.807) is 18.9 Å². The largest absolute Gasteiger partial charge is 0.378 e. The van der Waals surface area contributed by atoms with E-state index >= 15 is 0 Å². The fraction of sp³-hybridized carbons (Fsp3) is 0.917. The van der Waals surface area contributed by atoms with Crippen molar-refractivity contribution in [1.29, 1.82) is 0 Å². The van der Waals surface area contributed by atoms with Crippen molar-refractivity contribution in [3.63, 3.8) is 0 Å². The van der Waals surface area contributed by atoms with Gasteiger partial charge in [-0.15, -0.1) is 11.8 Å². The van der Waals surface area contributed by atoms with E-state index in [4.69, 9.17) is 4.74 Å². The molecule has 0 aromatic carbocycles. The topological polar surface area (TPSA) is 50.4 Å². The number of methoxy groups -OCH3 is 1. The van der Waals surface area contributed by atoms with Crippen LogP contribution in [-0.4, -0.2) is 42.3 Å². The highest BCUT2D eigenvalue weighted by atomic mass is 32.2. The van der Waals surface area contributed by atoms with Crippen LogP contribution in [0.1, 0.15) is 27.2 Å². The molecule has 1 aliphatic heterocycles. The fourth-order valence-electron chi connectivity index (χ4n) is 2.56. The molecule has 0 spiro atoms. The van der Waals surface area contributed by atoms with Gasteiger partial charge in [-0.2, -0.15) is 0 Å². The van der Waals surface area contributed by atoms with Crippen LogP contribution in [0, 0.1) is 5.41 Å². The summed E-state index contributed by atoms with van der Waals surface area (Å²) in [5.41, 5.74) is -0.133. The number of thioether (sulfide) groups is 1. The summed E-state index contributed by atoms with van der Waals surface area (Å²) in [7, 11) is 1.74. The Morgan fingerprint density at radius 1 is 1.47 bits per heavy atom. The van der Waals surface area contributed by atoms with Gasteiger partial charge in [-0.05, 0) is 13.3 Å². The SMILES string of the molecule is COC1(C)CC(NC(=O)C2CSCN2)C1(C)C. The van der Waals surface area contributed by atoms with Gasteiger partial charge in [0.25, 0.3) is 0 Å². The van der Waals surface area contributed by atoms with Gasteiger partial charge in [0.2, 0.25) is 5.91 Å². The van der Waals surface area contributed by atoms with Gasteiger partial charge in [0.05, 0.1) is 11.6 Å². The number of ether oxygens (including phenoxy) is 1. The van der Waals surface area contributed by atoms with Crippen LogP contribution >= 0.6 is 11.8 Å². The third kappa shape index (κ3) is 2.09. The maximum atomic E-state index is 12.0. The monoisotopic (exact) mass is 258 g/mol. The van der Waals surface area contributed by atoms with Gasteiger partial charge in [0, 0.05) is 30.2 Å². The number of hydrogen-bond donors (Lipinski definition) is 2. The first-order chi connectivity index (χ1) is 7.90. The van der Waals surface area contributed by atoms with Crippen LogP contribution in [0.15, 0.2) is 0 Å². The minimum absolute atomic E-state index is 0.0108. The maximum Gasteiger partial charge on any atom is 0.238 e. The highest BCUT2D eigenvalue weighted by molar-refractivity contribution is 7.99. The zero-order valence-electron chi connectivity index (χ0n) is 11.0. The summed E-state index contributed by atoms with van der Waals surface area (Å²) >= 11 is 1.77. The summed E-state index contributed by atoms with van der Waals surface area (Å²) in [6, 6.07) is 0.192. The lowest BCUT2D eigenvalue weighted by atomic mass is 9.56. The summed E-state index contributed by atoms with van der Waals surface area (Å²) in [6.45, 7) is 6.42. The number of hydrogen-bond acceptors (Lipinski definition) is 4. The molecule has 4 nitrogen and oxygen atoms in total. The Labute approximate surface area is 107 Å². The van der Waals surface area contributed by atoms with Crippen molar-refractivity contribution in [2.45, 2.75) is 44.9 Å². The quantitative estimate of drug-likeness (QED) is 0.792. The lowest BCUT2D eigenvalue weighted by Crippen LogP contribution is -2.69. The highest BCUT2D eigenvalue weighted by Gasteiger charge is 2.58. The van der Waals surface area contributed by atoms with Crippen molar-refractivity contribution in [3.05, 3.63) is 0 Å². The van der Waals surface area contributed by atoms with Gasteiger partial charge in [0.1, 0.15) is 0 Å². The van der Waals surface area contributed by atoms with Gasteiger partial charge >= 0.3 is 0 Å². The molecule has 5 heteroatoms. The molecule has 0 bridgehead atoms. The average Bonchev–Trinajstić information content (AvgIpc) is 2.81. The molecule has 1 aliphatic carbocycles. The van der Waals surface area contributed by atoms with E-state index in [9.17, 15) is 4.79 Å². The summed E-state index contributed by atoms with van der Waals surface area (Å²) in [4.78, 5) is 12.0. The third-order valence-electron chi connectivity index (χ3n) is 4.63. The number of carbonyl (C=O) groups excluding carboxylic acids is 1. The molecule has 0 aromatic rings. The van der Waals surface area contributed by atoms with E-state index in [1.165, 1.54) is 0 Å². The Bertz CT molecular complexity index is 316. The molecule has 3 unspecified atom stereocenters. The molecular formula is C12H22N2O2S. The molecule has 3 atom stereocenters. The third-order valence-corrected chi connectivity index (χ3v) is 5.57. The summed E-state index contributed by atoms with van der Waals surface area (Å²) in [6.07, 6.45) is 0.891. The van der Waals surface area contributed by atoms with Crippen molar-refractivity contribution in [2.24, 2.45) is 5.41 Å². The molecule has 1 saturated carbocycles. The van der Waals surface area contributed by atoms with Crippen LogP contribution < -0.4 is 10.6 Å². The van der Waals surface area contributed by atoms with E-state index in [-0.39, 0.29) is 29.0 Å². The molecule has 2 fully saturated rings. The normalized spacial score (nSPS) is 39.8. The molecule has 2 rings (SSSR count). The summed E-state index contributed by atoms with van der Waals surface area (Å²) < 4.78 is 5.56. The van der Waals surface area contributed by atoms with Crippen molar-refractivity contribution < 1.29 is 9.53 Å². The van der Waals surface area contributed by atoms with Crippen LogP contribution in [0.3, 0.4) is 0 Å². The van der Waals surface area contributed by atoms with Gasteiger partial charge in [-0.1, -0.05) is 13.8 Å². The van der Waals surface area contributed by atoms with Crippen LogP contribution in [0.4, 0.5) is 0 Å². The molecule has 17 heavy (non-hydrogen) atoms. The Balaban J connectivity index is 1.91. The van der Waals surface area contributed by atoms with Gasteiger partial charge < -0.3 is 10.1 Å². The van der Waals surface area contributed by atoms with E-state index < -0.39 is 0 Å². The highest BCUT2D eigenvalue weighted by Crippen LogP contribution is 2.51. The van der Waals surface area contributed by atoms with E-state index in [0.29, 0.717) is 0 Å². The standard InChI is InChI=1S/C12H22N2O2S/c1-11(2)9(5-12(11,3)16-4)14-10(15)8-6-17-7-13-8/h8-9,13H,5-7H2,1-4H3,(H,14,15). The molecule has 1 amide bonds. The predicted molar refractivity (Wildman–Crippen MR) is 70.0 cm³/mol. The minimum Gasteiger partial charge on any atom is -0.378 e. The van der Waals surface area contributed by atoms with Crippen LogP contribution in [0.2, 0.25) is 0 Å². The van der Waals surface area contributed by atoms with E-state index in [2.05, 4.69) is 31.4 Å². The number of rotatable bonds is 3. The molecule has 0 radical (unpaired) electrons. The zero-order valence-corrected chi connectivity index (χ0v) is 11.8. The minimum atomic E-state index is -0.122. The fourth-order valence-corrected chi connectivity index (χ4v) is 3.50. The summed E-state index contributed by atoms with van der Waals surface area (Å²) in [5.74, 6) is 1.88. The van der Waals surface area contributed by atoms with Gasteiger partial charge in [-0.3, -0.25) is 10.1 Å². The lowest BCUT2D eigenvalue weighted by Gasteiger charge is -2.59. The van der Waals surface area contributed by atoms with Crippen LogP contribution in [0.5, 0.6) is 0 Å². The van der Waals surface area contributed by atoms with Gasteiger partial charge in [-0.25, -0.2) is 0 Å². The molecular weight excluding hydrogens is 236 g/mol. The second kappa shape index (κ2) is 4.44. The average molecular weight is 258 g/mol. The Morgan fingerprint density at radius 2 is 2.18 bits per heavy atom. The number of nitrogens with one attached hydrogen (secondary N) is 2. The Hall–Kier alpha value is -0.260. The molecule has 2 aliphatic rings. The van der Waals surface area contributed by atoms with Crippen LogP contribution in [-0.2, 0) is 9.53 Å². The predicted octanol–water partition coefficient (Wildman–Crippen LogP) is 0.969. The van der Waals surface area contributed by atoms with Crippen molar-refractivity contribution in [3.8, 4) is 0 Å². The first kappa shape index (κ1) is 13.2. The van der Waals surface area contributed by atoms with Crippen molar-refractivity contribution >= 4 is 17.7 Å². The van der Waals surface area contributed by atoms with Crippen LogP contribution in [0.25, 0.3) is 0 Å². The first-order valence-corrected chi connectivity index (χ1v) is 7.23. The van der Waals surface area contributed by atoms with Crippen molar-refractivity contribution in [2.75, 3.05) is 18.7 Å². The molecule has 0 aromatic heterocycles. The number of amides is 1. The lowest BCUT2D eigenvalue weighted by molar-refractivity contribution is -0.182. The Morgan fingerprint density at radius 3 is 2.65 bits per heavy atom. The molecule has 98 valence electrons. The van der Waals surface area contributed by atoms with E-state index in [0.717, 1.165) is 18.1 Å². The molecule has 1 heterocycles. The van der Waals surface area contributed by atoms with Gasteiger partial charge in [0.15, 0.2) is 0 Å². The maximum absolute atomic E-state index is 12.0. The smallest absolute Gasteiger partial charge is 0.238 e. The second-order valence-electron chi connectivity index (χ2n) is 5.69. The van der Waals surface area contributed by atoms with Crippen molar-refractivity contribution in [1.82, 2.24) is 10.6 Å². The Kier molecular flexibility index (Phi) is 3.45. The second-order valence-corrected chi connectivity index (χ2v) is 6.72. The van der Waals surface area contributed by atoms with E-state index in [1.807, 2.05) is 0 Å².